The molecular weight excluding hydrogens is 604 g/mol. The van der Waals surface area contributed by atoms with Crippen LogP contribution < -0.4 is 8.79 Å². The average molecular weight is 644 g/mol. The van der Waals surface area contributed by atoms with E-state index in [-0.39, 0.29) is 15.0 Å². The summed E-state index contributed by atoms with van der Waals surface area (Å²) in [4.78, 5) is 4.70. The van der Waals surface area contributed by atoms with Crippen LogP contribution in [0.5, 0.6) is 0 Å². The van der Waals surface area contributed by atoms with Crippen molar-refractivity contribution in [3.05, 3.63) is 35.7 Å². The number of aromatic nitrogens is 2. The van der Waals surface area contributed by atoms with E-state index in [1.165, 1.54) is 72.3 Å². The van der Waals surface area contributed by atoms with Crippen molar-refractivity contribution in [1.82, 2.24) is 7.96 Å². The van der Waals surface area contributed by atoms with E-state index in [0.29, 0.717) is 0 Å². The number of hydrogen-bond donors (Lipinski definition) is 0. The monoisotopic (exact) mass is 646 g/mol. The topological polar surface area (TPSA) is 25.8 Å². The molecule has 0 N–H and O–H groups in total. The van der Waals surface area contributed by atoms with Gasteiger partial charge < -0.3 is 0 Å². The fourth-order valence-corrected chi connectivity index (χ4v) is 26.3. The van der Waals surface area contributed by atoms with Crippen LogP contribution in [-0.4, -0.2) is 36.2 Å². The second-order valence-corrected chi connectivity index (χ2v) is 22.4. The van der Waals surface area contributed by atoms with Gasteiger partial charge in [0, 0.05) is 0 Å². The zero-order chi connectivity index (χ0) is 25.1. The van der Waals surface area contributed by atoms with Gasteiger partial charge in [-0.1, -0.05) is 0 Å². The maximum atomic E-state index is 4.84. The second kappa shape index (κ2) is 12.0. The predicted molar refractivity (Wildman–Crippen MR) is 164 cm³/mol. The molecule has 0 saturated heterocycles. The number of thiophene rings is 2. The molecule has 0 amide bonds. The molecular formula is C30H40GeN2S2Se. The molecule has 5 rings (SSSR count). The molecule has 0 bridgehead atoms. The van der Waals surface area contributed by atoms with Gasteiger partial charge in [-0.05, 0) is 0 Å². The van der Waals surface area contributed by atoms with E-state index in [4.69, 9.17) is 3.98 Å². The van der Waals surface area contributed by atoms with Gasteiger partial charge in [0.1, 0.15) is 0 Å². The first-order chi connectivity index (χ1) is 17.6. The van der Waals surface area contributed by atoms with Crippen molar-refractivity contribution in [3.63, 3.8) is 0 Å². The standard InChI is InChI=1S/C30H40GeN2S2Se/c1-5-9-12-21(7-3)19-31(20-22(8-4)13-10-6-2)24-16-17-34-29(24)30-25(31)18-27(35-30)23-14-11-15-26-28(23)33-36-32-26/h11,14-18,21-22H,5-10,12-13,19-20H2,1-4H3. The molecule has 1 aliphatic rings. The van der Waals surface area contributed by atoms with E-state index in [2.05, 4.69) is 78.7 Å². The van der Waals surface area contributed by atoms with Crippen LogP contribution >= 0.6 is 22.7 Å². The first kappa shape index (κ1) is 26.9. The Hall–Kier alpha value is -0.718. The Balaban J connectivity index is 1.63. The number of unbranched alkanes of at least 4 members (excludes halogenated alkanes) is 2. The zero-order valence-corrected chi connectivity index (χ0v) is 27.8. The Morgan fingerprint density at radius 3 is 2.25 bits per heavy atom. The molecule has 1 aromatic carbocycles. The zero-order valence-electron chi connectivity index (χ0n) is 22.3. The van der Waals surface area contributed by atoms with E-state index in [0.717, 1.165) is 22.9 Å². The van der Waals surface area contributed by atoms with Crippen molar-refractivity contribution in [2.45, 2.75) is 89.6 Å². The van der Waals surface area contributed by atoms with Gasteiger partial charge in [-0.25, -0.2) is 0 Å². The third-order valence-electron chi connectivity index (χ3n) is 8.55. The normalized spacial score (nSPS) is 18.4. The molecule has 0 aliphatic carbocycles. The first-order valence-electron chi connectivity index (χ1n) is 14.1. The number of fused-ring (bicyclic) bond motifs is 4. The van der Waals surface area contributed by atoms with Crippen LogP contribution in [0, 0.1) is 11.8 Å². The Labute approximate surface area is 234 Å². The molecule has 4 heterocycles. The summed E-state index contributed by atoms with van der Waals surface area (Å²) < 4.78 is 13.2. The molecule has 36 heavy (non-hydrogen) atoms. The van der Waals surface area contributed by atoms with Gasteiger partial charge in [0.15, 0.2) is 0 Å². The number of rotatable bonds is 13. The first-order valence-corrected chi connectivity index (χ1v) is 22.4. The summed E-state index contributed by atoms with van der Waals surface area (Å²) in [5.41, 5.74) is 3.56. The van der Waals surface area contributed by atoms with Gasteiger partial charge in [-0.15, -0.1) is 0 Å². The van der Waals surface area contributed by atoms with E-state index in [9.17, 15) is 0 Å². The van der Waals surface area contributed by atoms with Crippen molar-refractivity contribution < 1.29 is 0 Å². The minimum absolute atomic E-state index is 0.0160. The Morgan fingerprint density at radius 2 is 1.58 bits per heavy atom. The van der Waals surface area contributed by atoms with Crippen LogP contribution in [0.1, 0.15) is 79.1 Å². The van der Waals surface area contributed by atoms with Crippen molar-refractivity contribution >= 4 is 70.7 Å². The fraction of sp³-hybridized carbons (Fsp3) is 0.533. The molecule has 6 heteroatoms. The summed E-state index contributed by atoms with van der Waals surface area (Å²) in [7, 11) is 0. The molecule has 0 saturated carbocycles. The molecule has 2 unspecified atom stereocenters. The van der Waals surface area contributed by atoms with Crippen LogP contribution in [0.3, 0.4) is 0 Å². The molecule has 2 nitrogen and oxygen atoms in total. The van der Waals surface area contributed by atoms with Crippen LogP contribution in [0.2, 0.25) is 10.5 Å². The van der Waals surface area contributed by atoms with E-state index < -0.39 is 13.3 Å². The summed E-state index contributed by atoms with van der Waals surface area (Å²) in [6, 6.07) is 11.8. The van der Waals surface area contributed by atoms with Crippen molar-refractivity contribution in [2.75, 3.05) is 0 Å². The van der Waals surface area contributed by atoms with Gasteiger partial charge in [-0.2, -0.15) is 0 Å². The van der Waals surface area contributed by atoms with Crippen molar-refractivity contribution in [1.29, 1.82) is 0 Å². The number of hydrogen-bond acceptors (Lipinski definition) is 4. The molecule has 192 valence electrons. The molecule has 2 atom stereocenters. The van der Waals surface area contributed by atoms with Gasteiger partial charge in [0.2, 0.25) is 0 Å². The molecule has 1 aliphatic heterocycles. The number of benzene rings is 1. The summed E-state index contributed by atoms with van der Waals surface area (Å²) in [6.07, 6.45) is 10.9. The predicted octanol–water partition coefficient (Wildman–Crippen LogP) is 8.45. The maximum absolute atomic E-state index is 4.84. The SMILES string of the molecule is CCCCC(CC)[CH2][Ge]1([CH2]C(CC)CCCC)[c]2ccsc2-c2sc(-c3cccc4n[se]nc34)c[c]21. The fourth-order valence-electron chi connectivity index (χ4n) is 6.46. The molecule has 0 radical (unpaired) electrons. The Kier molecular flexibility index (Phi) is 8.95. The third kappa shape index (κ3) is 5.00. The van der Waals surface area contributed by atoms with E-state index in [1.807, 2.05) is 20.1 Å². The van der Waals surface area contributed by atoms with Gasteiger partial charge in [0.25, 0.3) is 0 Å². The van der Waals surface area contributed by atoms with E-state index >= 15 is 0 Å². The summed E-state index contributed by atoms with van der Waals surface area (Å²) in [6.45, 7) is 9.62. The summed E-state index contributed by atoms with van der Waals surface area (Å²) in [5.74, 6) is 1.74. The van der Waals surface area contributed by atoms with Crippen molar-refractivity contribution in [2.24, 2.45) is 11.8 Å². The molecule has 4 aromatic rings. The second-order valence-electron chi connectivity index (χ2n) is 10.8. The average Bonchev–Trinajstić information content (AvgIpc) is 3.68. The van der Waals surface area contributed by atoms with Gasteiger partial charge in [0.05, 0.1) is 0 Å². The molecule has 0 fully saturated rings. The quantitative estimate of drug-likeness (QED) is 0.137. The number of nitrogens with zero attached hydrogens (tertiary/aromatic N) is 2. The van der Waals surface area contributed by atoms with Crippen LogP contribution in [-0.2, 0) is 0 Å². The Morgan fingerprint density at radius 1 is 0.861 bits per heavy atom. The van der Waals surface area contributed by atoms with Crippen LogP contribution in [0.15, 0.2) is 35.7 Å². The summed E-state index contributed by atoms with van der Waals surface area (Å²) >= 11 is 1.53. The minimum atomic E-state index is -2.56. The Bertz CT molecular complexity index is 1270. The van der Waals surface area contributed by atoms with Crippen molar-refractivity contribution in [3.8, 4) is 20.2 Å². The summed E-state index contributed by atoms with van der Waals surface area (Å²) in [5, 5.41) is 5.38. The van der Waals surface area contributed by atoms with Crippen LogP contribution in [0.4, 0.5) is 0 Å². The molecule has 0 spiro atoms. The van der Waals surface area contributed by atoms with E-state index in [1.54, 1.807) is 9.75 Å². The molecule has 3 aromatic heterocycles. The van der Waals surface area contributed by atoms with Gasteiger partial charge >= 0.3 is 236 Å². The third-order valence-corrected chi connectivity index (χ3v) is 24.1. The van der Waals surface area contributed by atoms with Gasteiger partial charge in [-0.3, -0.25) is 0 Å². The van der Waals surface area contributed by atoms with Crippen LogP contribution in [0.25, 0.3) is 31.2 Å².